The summed E-state index contributed by atoms with van der Waals surface area (Å²) >= 11 is 1.32. The number of hydrogen-bond donors (Lipinski definition) is 1. The van der Waals surface area contributed by atoms with Crippen LogP contribution in [0.5, 0.6) is 0 Å². The summed E-state index contributed by atoms with van der Waals surface area (Å²) in [5, 5.41) is 12.5. The van der Waals surface area contributed by atoms with Gasteiger partial charge in [0.15, 0.2) is 5.16 Å². The summed E-state index contributed by atoms with van der Waals surface area (Å²) in [6.45, 7) is 3.39. The predicted molar refractivity (Wildman–Crippen MR) is 90.2 cm³/mol. The molecule has 0 fully saturated rings. The van der Waals surface area contributed by atoms with Gasteiger partial charge in [-0.3, -0.25) is 14.2 Å². The van der Waals surface area contributed by atoms with Crippen molar-refractivity contribution in [3.8, 4) is 17.3 Å². The molecule has 0 atom stereocenters. The molecule has 2 rings (SSSR count). The van der Waals surface area contributed by atoms with Crippen LogP contribution in [0, 0.1) is 11.3 Å². The molecular weight excluding hydrogens is 312 g/mol. The topological polar surface area (TPSA) is 87.8 Å². The van der Waals surface area contributed by atoms with Crippen LogP contribution in [0.25, 0.3) is 11.3 Å². The van der Waals surface area contributed by atoms with E-state index in [1.54, 1.807) is 37.6 Å². The SMILES string of the molecule is C=CC(=O)Nc1cccc(-c2nc(SC)n(C)c(=O)c2C#N)c1. The van der Waals surface area contributed by atoms with Crippen molar-refractivity contribution in [1.82, 2.24) is 9.55 Å². The normalized spacial score (nSPS) is 9.96. The van der Waals surface area contributed by atoms with E-state index in [0.717, 1.165) is 6.08 Å². The molecule has 0 aliphatic carbocycles. The molecule has 0 saturated carbocycles. The van der Waals surface area contributed by atoms with Crippen LogP contribution in [0.2, 0.25) is 0 Å². The van der Waals surface area contributed by atoms with E-state index in [1.165, 1.54) is 16.3 Å². The second-order valence-electron chi connectivity index (χ2n) is 4.57. The van der Waals surface area contributed by atoms with Crippen molar-refractivity contribution < 1.29 is 4.79 Å². The molecular formula is C16H14N4O2S. The Balaban J connectivity index is 2.63. The molecule has 0 radical (unpaired) electrons. The molecule has 0 aliphatic rings. The van der Waals surface area contributed by atoms with Crippen molar-refractivity contribution in [3.63, 3.8) is 0 Å². The zero-order valence-corrected chi connectivity index (χ0v) is 13.5. The lowest BCUT2D eigenvalue weighted by Gasteiger charge is -2.10. The molecule has 1 aromatic carbocycles. The number of carbonyl (C=O) groups is 1. The Hall–Kier alpha value is -2.85. The Labute approximate surface area is 137 Å². The van der Waals surface area contributed by atoms with Gasteiger partial charge in [-0.2, -0.15) is 5.26 Å². The second kappa shape index (κ2) is 6.94. The number of hydrogen-bond acceptors (Lipinski definition) is 5. The first-order chi connectivity index (χ1) is 11.0. The lowest BCUT2D eigenvalue weighted by molar-refractivity contribution is -0.111. The van der Waals surface area contributed by atoms with E-state index >= 15 is 0 Å². The maximum atomic E-state index is 12.3. The van der Waals surface area contributed by atoms with E-state index in [9.17, 15) is 14.9 Å². The van der Waals surface area contributed by atoms with E-state index in [-0.39, 0.29) is 11.5 Å². The maximum absolute atomic E-state index is 12.3. The highest BCUT2D eigenvalue weighted by Crippen LogP contribution is 2.24. The first-order valence-electron chi connectivity index (χ1n) is 6.60. The molecule has 7 heteroatoms. The lowest BCUT2D eigenvalue weighted by Crippen LogP contribution is -2.23. The number of benzene rings is 1. The minimum absolute atomic E-state index is 0.0301. The van der Waals surface area contributed by atoms with Crippen LogP contribution in [-0.2, 0) is 11.8 Å². The van der Waals surface area contributed by atoms with E-state index < -0.39 is 5.56 Å². The first kappa shape index (κ1) is 16.5. The van der Waals surface area contributed by atoms with Crippen LogP contribution in [0.3, 0.4) is 0 Å². The number of nitrogens with one attached hydrogen (secondary N) is 1. The third-order valence-electron chi connectivity index (χ3n) is 3.13. The van der Waals surface area contributed by atoms with Crippen LogP contribution in [0.4, 0.5) is 5.69 Å². The standard InChI is InChI=1S/C16H14N4O2S/c1-4-13(21)18-11-7-5-6-10(8-11)14-12(9-17)15(22)20(2)16(19-14)23-3/h4-8H,1H2,2-3H3,(H,18,21). The Bertz CT molecular complexity index is 881. The largest absolute Gasteiger partial charge is 0.323 e. The summed E-state index contributed by atoms with van der Waals surface area (Å²) in [5.74, 6) is -0.343. The highest BCUT2D eigenvalue weighted by atomic mass is 32.2. The number of carbonyl (C=O) groups excluding carboxylic acids is 1. The average molecular weight is 326 g/mol. The van der Waals surface area contributed by atoms with Gasteiger partial charge >= 0.3 is 0 Å². The van der Waals surface area contributed by atoms with Gasteiger partial charge in [-0.15, -0.1) is 0 Å². The Morgan fingerprint density at radius 1 is 1.52 bits per heavy atom. The number of aromatic nitrogens is 2. The molecule has 0 aliphatic heterocycles. The monoisotopic (exact) mass is 326 g/mol. The number of rotatable bonds is 4. The van der Waals surface area contributed by atoms with E-state index in [1.807, 2.05) is 6.07 Å². The summed E-state index contributed by atoms with van der Waals surface area (Å²) in [6, 6.07) is 8.73. The lowest BCUT2D eigenvalue weighted by atomic mass is 10.1. The number of anilines is 1. The third kappa shape index (κ3) is 3.33. The van der Waals surface area contributed by atoms with E-state index in [2.05, 4.69) is 16.9 Å². The Kier molecular flexibility index (Phi) is 4.98. The van der Waals surface area contributed by atoms with Gasteiger partial charge in [-0.05, 0) is 24.5 Å². The summed E-state index contributed by atoms with van der Waals surface area (Å²) < 4.78 is 1.34. The quantitative estimate of drug-likeness (QED) is 0.528. The molecule has 0 spiro atoms. The minimum Gasteiger partial charge on any atom is -0.323 e. The van der Waals surface area contributed by atoms with Gasteiger partial charge in [0.25, 0.3) is 5.56 Å². The zero-order valence-electron chi connectivity index (χ0n) is 12.7. The average Bonchev–Trinajstić information content (AvgIpc) is 2.57. The van der Waals surface area contributed by atoms with Crippen molar-refractivity contribution in [1.29, 1.82) is 5.26 Å². The van der Waals surface area contributed by atoms with Crippen LogP contribution in [0.15, 0.2) is 46.9 Å². The van der Waals surface area contributed by atoms with Crippen molar-refractivity contribution in [2.24, 2.45) is 7.05 Å². The molecule has 0 unspecified atom stereocenters. The van der Waals surface area contributed by atoms with Crippen molar-refractivity contribution in [2.45, 2.75) is 5.16 Å². The van der Waals surface area contributed by atoms with E-state index in [0.29, 0.717) is 22.1 Å². The van der Waals surface area contributed by atoms with Gasteiger partial charge in [0.05, 0.1) is 5.69 Å². The number of nitriles is 1. The Morgan fingerprint density at radius 3 is 2.87 bits per heavy atom. The fraction of sp³-hybridized carbons (Fsp3) is 0.125. The number of nitrogens with zero attached hydrogens (tertiary/aromatic N) is 3. The highest BCUT2D eigenvalue weighted by molar-refractivity contribution is 7.98. The first-order valence-corrected chi connectivity index (χ1v) is 7.83. The van der Waals surface area contributed by atoms with Gasteiger partial charge in [0.2, 0.25) is 5.91 Å². The van der Waals surface area contributed by atoms with Gasteiger partial charge in [0.1, 0.15) is 11.6 Å². The van der Waals surface area contributed by atoms with Crippen LogP contribution in [0.1, 0.15) is 5.56 Å². The van der Waals surface area contributed by atoms with Crippen molar-refractivity contribution in [2.75, 3.05) is 11.6 Å². The fourth-order valence-electron chi connectivity index (χ4n) is 2.01. The van der Waals surface area contributed by atoms with Crippen LogP contribution >= 0.6 is 11.8 Å². The molecule has 1 heterocycles. The summed E-state index contributed by atoms with van der Waals surface area (Å²) in [5.41, 5.74) is 0.982. The minimum atomic E-state index is -0.401. The number of amides is 1. The smallest absolute Gasteiger partial charge is 0.272 e. The van der Waals surface area contributed by atoms with Gasteiger partial charge < -0.3 is 5.32 Å². The summed E-state index contributed by atoms with van der Waals surface area (Å²) in [6.07, 6.45) is 2.97. The molecule has 1 aromatic heterocycles. The highest BCUT2D eigenvalue weighted by Gasteiger charge is 2.16. The van der Waals surface area contributed by atoms with E-state index in [4.69, 9.17) is 0 Å². The predicted octanol–water partition coefficient (Wildman–Crippen LogP) is 2.17. The van der Waals surface area contributed by atoms with Crippen molar-refractivity contribution >= 4 is 23.4 Å². The molecule has 6 nitrogen and oxygen atoms in total. The van der Waals surface area contributed by atoms with Gasteiger partial charge in [-0.25, -0.2) is 4.98 Å². The van der Waals surface area contributed by atoms with Gasteiger partial charge in [0, 0.05) is 18.3 Å². The molecule has 2 aromatic rings. The van der Waals surface area contributed by atoms with Crippen LogP contribution in [-0.4, -0.2) is 21.7 Å². The maximum Gasteiger partial charge on any atom is 0.272 e. The third-order valence-corrected chi connectivity index (χ3v) is 3.86. The summed E-state index contributed by atoms with van der Waals surface area (Å²) in [4.78, 5) is 28.1. The molecule has 0 saturated heterocycles. The summed E-state index contributed by atoms with van der Waals surface area (Å²) in [7, 11) is 1.58. The number of thioether (sulfide) groups is 1. The molecule has 116 valence electrons. The molecule has 23 heavy (non-hydrogen) atoms. The Morgan fingerprint density at radius 2 is 2.26 bits per heavy atom. The van der Waals surface area contributed by atoms with Crippen LogP contribution < -0.4 is 10.9 Å². The molecule has 1 N–H and O–H groups in total. The zero-order chi connectivity index (χ0) is 17.0. The van der Waals surface area contributed by atoms with Gasteiger partial charge in [-0.1, -0.05) is 30.5 Å². The van der Waals surface area contributed by atoms with Crippen molar-refractivity contribution in [3.05, 3.63) is 52.8 Å². The fourth-order valence-corrected chi connectivity index (χ4v) is 2.55. The molecule has 0 bridgehead atoms. The molecule has 1 amide bonds. The second-order valence-corrected chi connectivity index (χ2v) is 5.35.